The van der Waals surface area contributed by atoms with Gasteiger partial charge in [0.1, 0.15) is 5.15 Å². The summed E-state index contributed by atoms with van der Waals surface area (Å²) in [4.78, 5) is 37.7. The quantitative estimate of drug-likeness (QED) is 0.292. The van der Waals surface area contributed by atoms with Crippen molar-refractivity contribution in [3.8, 4) is 0 Å². The molecule has 0 aliphatic rings. The predicted molar refractivity (Wildman–Crippen MR) is 96.7 cm³/mol. The highest BCUT2D eigenvalue weighted by Crippen LogP contribution is 2.35. The zero-order valence-corrected chi connectivity index (χ0v) is 16.1. The average molecular weight is 493 g/mol. The largest absolute Gasteiger partial charge is 0.452 e. The number of nitro groups is 1. The molecule has 0 fully saturated rings. The molecule has 1 N–H and O–H groups in total. The number of nitrogens with one attached hydrogen (secondary N) is 1. The molecule has 2 rings (SSSR count). The lowest BCUT2D eigenvalue weighted by atomic mass is 10.3. The van der Waals surface area contributed by atoms with E-state index >= 15 is 0 Å². The van der Waals surface area contributed by atoms with Gasteiger partial charge in [0, 0.05) is 27.3 Å². The molecule has 8 nitrogen and oxygen atoms in total. The van der Waals surface area contributed by atoms with Gasteiger partial charge in [0.2, 0.25) is 0 Å². The standard InChI is InChI=1S/C14H8Br2ClN3O5/c15-9-4-7(20(23)24)5-10(16)12(9)19-11(21)6-25-14(22)8-2-1-3-18-13(8)17/h1-5H,6H2,(H,19,21). The van der Waals surface area contributed by atoms with E-state index < -0.39 is 23.4 Å². The molecule has 0 aliphatic heterocycles. The molecule has 2 aromatic rings. The lowest BCUT2D eigenvalue weighted by Crippen LogP contribution is -2.21. The average Bonchev–Trinajstić information content (AvgIpc) is 2.56. The third-order valence-corrected chi connectivity index (χ3v) is 4.37. The topological polar surface area (TPSA) is 111 Å². The summed E-state index contributed by atoms with van der Waals surface area (Å²) >= 11 is 12.0. The van der Waals surface area contributed by atoms with Gasteiger partial charge in [-0.05, 0) is 44.0 Å². The van der Waals surface area contributed by atoms with E-state index in [1.807, 2.05) is 0 Å². The van der Waals surface area contributed by atoms with Crippen molar-refractivity contribution in [1.29, 1.82) is 0 Å². The second-order valence-corrected chi connectivity index (χ2v) is 6.57. The molecule has 0 aliphatic carbocycles. The highest BCUT2D eigenvalue weighted by Gasteiger charge is 2.18. The first-order chi connectivity index (χ1) is 11.8. The minimum atomic E-state index is -0.796. The summed E-state index contributed by atoms with van der Waals surface area (Å²) in [7, 11) is 0. The number of ether oxygens (including phenoxy) is 1. The smallest absolute Gasteiger partial charge is 0.341 e. The van der Waals surface area contributed by atoms with Crippen molar-refractivity contribution in [2.45, 2.75) is 0 Å². The molecule has 0 saturated carbocycles. The number of aromatic nitrogens is 1. The summed E-state index contributed by atoms with van der Waals surface area (Å²) < 4.78 is 5.46. The summed E-state index contributed by atoms with van der Waals surface area (Å²) in [6.45, 7) is -0.570. The molecule has 1 aromatic heterocycles. The molecule has 0 atom stereocenters. The SMILES string of the molecule is O=C(COC(=O)c1cccnc1Cl)Nc1c(Br)cc([N+](=O)[O-])cc1Br. The Labute approximate surface area is 162 Å². The normalized spacial score (nSPS) is 10.2. The van der Waals surface area contributed by atoms with E-state index in [2.05, 4.69) is 42.2 Å². The predicted octanol–water partition coefficient (Wildman–Crippen LogP) is 3.96. The number of anilines is 1. The number of rotatable bonds is 5. The van der Waals surface area contributed by atoms with Crippen LogP contribution in [0.5, 0.6) is 0 Å². The number of nitrogens with zero attached hydrogens (tertiary/aromatic N) is 2. The number of carbonyl (C=O) groups excluding carboxylic acids is 2. The van der Waals surface area contributed by atoms with Crippen LogP contribution < -0.4 is 5.32 Å². The number of amides is 1. The number of hydrogen-bond donors (Lipinski definition) is 1. The van der Waals surface area contributed by atoms with E-state index in [0.717, 1.165) is 0 Å². The fourth-order valence-electron chi connectivity index (χ4n) is 1.71. The van der Waals surface area contributed by atoms with Crippen LogP contribution in [0.2, 0.25) is 5.15 Å². The van der Waals surface area contributed by atoms with Crippen molar-refractivity contribution in [2.75, 3.05) is 11.9 Å². The van der Waals surface area contributed by atoms with Gasteiger partial charge in [0.25, 0.3) is 11.6 Å². The highest BCUT2D eigenvalue weighted by molar-refractivity contribution is 9.11. The zero-order chi connectivity index (χ0) is 18.6. The molecule has 0 saturated heterocycles. The van der Waals surface area contributed by atoms with Crippen molar-refractivity contribution < 1.29 is 19.2 Å². The first kappa shape index (κ1) is 19.3. The molecule has 25 heavy (non-hydrogen) atoms. The Bertz CT molecular complexity index is 839. The lowest BCUT2D eigenvalue weighted by Gasteiger charge is -2.10. The van der Waals surface area contributed by atoms with E-state index in [1.54, 1.807) is 0 Å². The number of halogens is 3. The summed E-state index contributed by atoms with van der Waals surface area (Å²) in [6.07, 6.45) is 1.41. The molecular weight excluding hydrogens is 485 g/mol. The molecule has 1 amide bonds. The Morgan fingerprint density at radius 2 is 1.96 bits per heavy atom. The Hall–Kier alpha value is -2.04. The van der Waals surface area contributed by atoms with Crippen LogP contribution in [-0.2, 0) is 9.53 Å². The van der Waals surface area contributed by atoms with Gasteiger partial charge in [-0.2, -0.15) is 0 Å². The second-order valence-electron chi connectivity index (χ2n) is 4.51. The van der Waals surface area contributed by atoms with Gasteiger partial charge in [-0.25, -0.2) is 9.78 Å². The maximum absolute atomic E-state index is 11.9. The van der Waals surface area contributed by atoms with Crippen LogP contribution in [0, 0.1) is 10.1 Å². The van der Waals surface area contributed by atoms with Crippen LogP contribution in [-0.4, -0.2) is 28.4 Å². The van der Waals surface area contributed by atoms with E-state index in [1.165, 1.54) is 30.5 Å². The third kappa shape index (κ3) is 4.97. The molecule has 0 spiro atoms. The Morgan fingerprint density at radius 1 is 1.32 bits per heavy atom. The molecular formula is C14H8Br2ClN3O5. The molecule has 0 radical (unpaired) electrons. The van der Waals surface area contributed by atoms with Gasteiger partial charge in [0.05, 0.1) is 16.2 Å². The minimum Gasteiger partial charge on any atom is -0.452 e. The number of benzene rings is 1. The first-order valence-corrected chi connectivity index (χ1v) is 8.47. The molecule has 1 aromatic carbocycles. The van der Waals surface area contributed by atoms with Crippen LogP contribution in [0.4, 0.5) is 11.4 Å². The molecule has 130 valence electrons. The minimum absolute atomic E-state index is 0.0336. The monoisotopic (exact) mass is 491 g/mol. The van der Waals surface area contributed by atoms with Crippen molar-refractivity contribution >= 4 is 66.7 Å². The van der Waals surface area contributed by atoms with Crippen molar-refractivity contribution in [3.63, 3.8) is 0 Å². The van der Waals surface area contributed by atoms with Crippen LogP contribution in [0.25, 0.3) is 0 Å². The Kier molecular flexibility index (Phi) is 6.45. The summed E-state index contributed by atoms with van der Waals surface area (Å²) in [5, 5.41) is 13.2. The van der Waals surface area contributed by atoms with E-state index in [0.29, 0.717) is 8.95 Å². The van der Waals surface area contributed by atoms with Gasteiger partial charge in [-0.15, -0.1) is 0 Å². The van der Waals surface area contributed by atoms with Gasteiger partial charge in [-0.1, -0.05) is 11.6 Å². The summed E-state index contributed by atoms with van der Waals surface area (Å²) in [5.74, 6) is -1.43. The number of carbonyl (C=O) groups is 2. The van der Waals surface area contributed by atoms with Gasteiger partial charge < -0.3 is 10.1 Å². The Morgan fingerprint density at radius 3 is 2.52 bits per heavy atom. The van der Waals surface area contributed by atoms with Crippen molar-refractivity contribution in [1.82, 2.24) is 4.98 Å². The van der Waals surface area contributed by atoms with Gasteiger partial charge in [-0.3, -0.25) is 14.9 Å². The van der Waals surface area contributed by atoms with Gasteiger partial charge in [0.15, 0.2) is 6.61 Å². The fraction of sp³-hybridized carbons (Fsp3) is 0.0714. The first-order valence-electron chi connectivity index (χ1n) is 6.50. The van der Waals surface area contributed by atoms with Gasteiger partial charge >= 0.3 is 5.97 Å². The third-order valence-electron chi connectivity index (χ3n) is 2.82. The van der Waals surface area contributed by atoms with Crippen molar-refractivity contribution in [3.05, 3.63) is 60.2 Å². The molecule has 0 unspecified atom stereocenters. The van der Waals surface area contributed by atoms with Crippen LogP contribution in [0.1, 0.15) is 10.4 Å². The van der Waals surface area contributed by atoms with E-state index in [9.17, 15) is 19.7 Å². The van der Waals surface area contributed by atoms with Crippen LogP contribution >= 0.6 is 43.5 Å². The highest BCUT2D eigenvalue weighted by atomic mass is 79.9. The number of pyridine rings is 1. The number of esters is 1. The number of non-ortho nitro benzene ring substituents is 1. The summed E-state index contributed by atoms with van der Waals surface area (Å²) in [5.41, 5.74) is 0.148. The van der Waals surface area contributed by atoms with E-state index in [4.69, 9.17) is 16.3 Å². The van der Waals surface area contributed by atoms with Crippen LogP contribution in [0.3, 0.4) is 0 Å². The molecule has 1 heterocycles. The summed E-state index contributed by atoms with van der Waals surface area (Å²) in [6, 6.07) is 5.40. The lowest BCUT2D eigenvalue weighted by molar-refractivity contribution is -0.385. The Balaban J connectivity index is 2.03. The molecule has 0 bridgehead atoms. The fourth-order valence-corrected chi connectivity index (χ4v) is 3.26. The number of hydrogen-bond acceptors (Lipinski definition) is 6. The zero-order valence-electron chi connectivity index (χ0n) is 12.2. The second kappa shape index (κ2) is 8.37. The maximum atomic E-state index is 11.9. The number of nitro benzene ring substituents is 1. The van der Waals surface area contributed by atoms with Crippen LogP contribution in [0.15, 0.2) is 39.4 Å². The maximum Gasteiger partial charge on any atom is 0.341 e. The molecule has 11 heteroatoms. The van der Waals surface area contributed by atoms with Crippen molar-refractivity contribution in [2.24, 2.45) is 0 Å². The van der Waals surface area contributed by atoms with E-state index in [-0.39, 0.29) is 22.1 Å².